The van der Waals surface area contributed by atoms with Crippen LogP contribution >= 0.6 is 11.8 Å². The molecule has 0 radical (unpaired) electrons. The molecule has 1 atom stereocenters. The maximum Gasteiger partial charge on any atom is 0.235 e. The summed E-state index contributed by atoms with van der Waals surface area (Å²) >= 11 is 1.46. The Hall–Kier alpha value is -3.00. The molecule has 0 bridgehead atoms. The van der Waals surface area contributed by atoms with Gasteiger partial charge in [-0.1, -0.05) is 62.0 Å². The number of benzene rings is 2. The number of thioether (sulfide) groups is 1. The zero-order valence-corrected chi connectivity index (χ0v) is 18.9. The molecule has 0 spiro atoms. The normalized spacial score (nSPS) is 13.5. The SMILES string of the molecule is CC(C)C(Sc1nnc(-c2ccccc2)n1Cc1ccc2c(c1)OCO2)C(=O)N(C)C. The van der Waals surface area contributed by atoms with Gasteiger partial charge in [-0.25, -0.2) is 0 Å². The highest BCUT2D eigenvalue weighted by molar-refractivity contribution is 8.00. The van der Waals surface area contributed by atoms with Gasteiger partial charge >= 0.3 is 0 Å². The van der Waals surface area contributed by atoms with E-state index in [1.165, 1.54) is 11.8 Å². The van der Waals surface area contributed by atoms with Gasteiger partial charge in [-0.3, -0.25) is 9.36 Å². The molecule has 1 amide bonds. The Balaban J connectivity index is 1.72. The molecular formula is C23H26N4O3S. The van der Waals surface area contributed by atoms with Crippen LogP contribution in [0.4, 0.5) is 0 Å². The number of rotatable bonds is 7. The van der Waals surface area contributed by atoms with Crippen LogP contribution in [0.15, 0.2) is 53.7 Å². The number of aromatic nitrogens is 3. The molecule has 0 aliphatic carbocycles. The van der Waals surface area contributed by atoms with Gasteiger partial charge in [-0.2, -0.15) is 0 Å². The van der Waals surface area contributed by atoms with Crippen molar-refractivity contribution < 1.29 is 14.3 Å². The standard InChI is InChI=1S/C23H26N4O3S/c1-15(2)20(22(28)26(3)4)31-23-25-24-21(17-8-6-5-7-9-17)27(23)13-16-10-11-18-19(12-16)30-14-29-18/h5-12,15,20H,13-14H2,1-4H3. The molecule has 2 aromatic carbocycles. The monoisotopic (exact) mass is 438 g/mol. The average molecular weight is 439 g/mol. The van der Waals surface area contributed by atoms with Crippen LogP contribution in [0.3, 0.4) is 0 Å². The second-order valence-corrected chi connectivity index (χ2v) is 9.07. The Morgan fingerprint density at radius 2 is 1.84 bits per heavy atom. The maximum atomic E-state index is 12.8. The fourth-order valence-electron chi connectivity index (χ4n) is 3.38. The Morgan fingerprint density at radius 1 is 1.10 bits per heavy atom. The van der Waals surface area contributed by atoms with Crippen molar-refractivity contribution in [3.05, 3.63) is 54.1 Å². The lowest BCUT2D eigenvalue weighted by Crippen LogP contribution is -2.35. The van der Waals surface area contributed by atoms with Crippen LogP contribution in [0, 0.1) is 5.92 Å². The van der Waals surface area contributed by atoms with Gasteiger partial charge in [0, 0.05) is 19.7 Å². The summed E-state index contributed by atoms with van der Waals surface area (Å²) in [7, 11) is 3.57. The zero-order valence-electron chi connectivity index (χ0n) is 18.1. The van der Waals surface area contributed by atoms with Gasteiger partial charge in [0.25, 0.3) is 0 Å². The first-order valence-corrected chi connectivity index (χ1v) is 11.1. The van der Waals surface area contributed by atoms with Gasteiger partial charge in [0.15, 0.2) is 22.5 Å². The molecule has 3 aromatic rings. The summed E-state index contributed by atoms with van der Waals surface area (Å²) in [5, 5.41) is 9.42. The second-order valence-electron chi connectivity index (χ2n) is 7.96. The lowest BCUT2D eigenvalue weighted by Gasteiger charge is -2.23. The lowest BCUT2D eigenvalue weighted by molar-refractivity contribution is -0.128. The first kappa shape index (κ1) is 21.2. The van der Waals surface area contributed by atoms with Crippen molar-refractivity contribution in [1.82, 2.24) is 19.7 Å². The molecule has 1 aliphatic heterocycles. The van der Waals surface area contributed by atoms with E-state index in [4.69, 9.17) is 9.47 Å². The number of amides is 1. The van der Waals surface area contributed by atoms with Crippen molar-refractivity contribution in [1.29, 1.82) is 0 Å². The lowest BCUT2D eigenvalue weighted by atomic mass is 10.1. The van der Waals surface area contributed by atoms with Gasteiger partial charge in [-0.15, -0.1) is 10.2 Å². The average Bonchev–Trinajstić information content (AvgIpc) is 3.38. The van der Waals surface area contributed by atoms with Crippen molar-refractivity contribution >= 4 is 17.7 Å². The van der Waals surface area contributed by atoms with Gasteiger partial charge in [0.2, 0.25) is 12.7 Å². The molecule has 8 heteroatoms. The van der Waals surface area contributed by atoms with E-state index in [0.717, 1.165) is 28.5 Å². The predicted octanol–water partition coefficient (Wildman–Crippen LogP) is 3.93. The fraction of sp³-hybridized carbons (Fsp3) is 0.348. The summed E-state index contributed by atoms with van der Waals surface area (Å²) in [6, 6.07) is 15.9. The fourth-order valence-corrected chi connectivity index (χ4v) is 4.56. The minimum Gasteiger partial charge on any atom is -0.454 e. The van der Waals surface area contributed by atoms with E-state index in [-0.39, 0.29) is 23.9 Å². The third kappa shape index (κ3) is 4.54. The van der Waals surface area contributed by atoms with E-state index in [0.29, 0.717) is 11.7 Å². The van der Waals surface area contributed by atoms with E-state index < -0.39 is 0 Å². The van der Waals surface area contributed by atoms with E-state index in [2.05, 4.69) is 28.6 Å². The number of hydrogen-bond donors (Lipinski definition) is 0. The predicted molar refractivity (Wildman–Crippen MR) is 120 cm³/mol. The molecule has 0 saturated carbocycles. The van der Waals surface area contributed by atoms with Crippen LogP contribution in [-0.4, -0.2) is 51.7 Å². The molecule has 0 saturated heterocycles. The van der Waals surface area contributed by atoms with Gasteiger partial charge in [0.05, 0.1) is 11.8 Å². The van der Waals surface area contributed by atoms with Crippen molar-refractivity contribution in [3.63, 3.8) is 0 Å². The molecule has 4 rings (SSSR count). The number of carbonyl (C=O) groups is 1. The first-order chi connectivity index (χ1) is 14.9. The smallest absolute Gasteiger partial charge is 0.235 e. The molecule has 0 fully saturated rings. The summed E-state index contributed by atoms with van der Waals surface area (Å²) in [5.74, 6) is 2.47. The quantitative estimate of drug-likeness (QED) is 0.521. The summed E-state index contributed by atoms with van der Waals surface area (Å²) < 4.78 is 13.0. The largest absolute Gasteiger partial charge is 0.454 e. The number of carbonyl (C=O) groups excluding carboxylic acids is 1. The van der Waals surface area contributed by atoms with E-state index in [1.54, 1.807) is 19.0 Å². The molecular weight excluding hydrogens is 412 g/mol. The van der Waals surface area contributed by atoms with Crippen molar-refractivity contribution in [2.45, 2.75) is 30.8 Å². The highest BCUT2D eigenvalue weighted by atomic mass is 32.2. The topological polar surface area (TPSA) is 69.5 Å². The zero-order chi connectivity index (χ0) is 22.0. The maximum absolute atomic E-state index is 12.8. The number of hydrogen-bond acceptors (Lipinski definition) is 6. The minimum atomic E-state index is -0.252. The Kier molecular flexibility index (Phi) is 6.18. The molecule has 7 nitrogen and oxygen atoms in total. The van der Waals surface area contributed by atoms with Gasteiger partial charge in [0.1, 0.15) is 0 Å². The van der Waals surface area contributed by atoms with Crippen LogP contribution in [0.2, 0.25) is 0 Å². The second kappa shape index (κ2) is 9.01. The third-order valence-electron chi connectivity index (χ3n) is 5.05. The number of ether oxygens (including phenoxy) is 2. The molecule has 2 heterocycles. The van der Waals surface area contributed by atoms with E-state index >= 15 is 0 Å². The molecule has 31 heavy (non-hydrogen) atoms. The molecule has 162 valence electrons. The highest BCUT2D eigenvalue weighted by Crippen LogP contribution is 2.35. The van der Waals surface area contributed by atoms with E-state index in [9.17, 15) is 4.79 Å². The Morgan fingerprint density at radius 3 is 2.55 bits per heavy atom. The van der Waals surface area contributed by atoms with Gasteiger partial charge in [-0.05, 0) is 23.6 Å². The molecule has 1 unspecified atom stereocenters. The van der Waals surface area contributed by atoms with Crippen LogP contribution in [0.1, 0.15) is 19.4 Å². The summed E-state index contributed by atoms with van der Waals surface area (Å²) in [6.45, 7) is 4.90. The highest BCUT2D eigenvalue weighted by Gasteiger charge is 2.28. The Labute approximate surface area is 186 Å². The van der Waals surface area contributed by atoms with Crippen LogP contribution in [-0.2, 0) is 11.3 Å². The summed E-state index contributed by atoms with van der Waals surface area (Å²) in [6.07, 6.45) is 0. The Bertz CT molecular complexity index is 1070. The summed E-state index contributed by atoms with van der Waals surface area (Å²) in [4.78, 5) is 14.4. The summed E-state index contributed by atoms with van der Waals surface area (Å²) in [5.41, 5.74) is 2.02. The first-order valence-electron chi connectivity index (χ1n) is 10.2. The van der Waals surface area contributed by atoms with Crippen LogP contribution in [0.25, 0.3) is 11.4 Å². The van der Waals surface area contributed by atoms with Crippen molar-refractivity contribution in [3.8, 4) is 22.9 Å². The van der Waals surface area contributed by atoms with Crippen molar-refractivity contribution in [2.75, 3.05) is 20.9 Å². The van der Waals surface area contributed by atoms with E-state index in [1.807, 2.05) is 48.5 Å². The molecule has 1 aromatic heterocycles. The van der Waals surface area contributed by atoms with Crippen LogP contribution < -0.4 is 9.47 Å². The number of fused-ring (bicyclic) bond motifs is 1. The van der Waals surface area contributed by atoms with Gasteiger partial charge < -0.3 is 14.4 Å². The number of nitrogens with zero attached hydrogens (tertiary/aromatic N) is 4. The molecule has 1 aliphatic rings. The van der Waals surface area contributed by atoms with Crippen LogP contribution in [0.5, 0.6) is 11.5 Å². The minimum absolute atomic E-state index is 0.0684. The molecule has 0 N–H and O–H groups in total. The van der Waals surface area contributed by atoms with Crippen molar-refractivity contribution in [2.24, 2.45) is 5.92 Å². The third-order valence-corrected chi connectivity index (χ3v) is 6.56.